The summed E-state index contributed by atoms with van der Waals surface area (Å²) in [7, 11) is 0. The number of nitrogens with zero attached hydrogens (tertiary/aromatic N) is 2. The number of para-hydroxylation sites is 1. The predicted molar refractivity (Wildman–Crippen MR) is 86.5 cm³/mol. The highest BCUT2D eigenvalue weighted by Gasteiger charge is 2.19. The van der Waals surface area contributed by atoms with Crippen LogP contribution in [0.25, 0.3) is 5.69 Å². The van der Waals surface area contributed by atoms with Gasteiger partial charge < -0.3 is 11.1 Å². The number of benzene rings is 2. The van der Waals surface area contributed by atoms with Gasteiger partial charge in [0, 0.05) is 5.56 Å². The molecular formula is C17H14N4O2. The van der Waals surface area contributed by atoms with E-state index in [-0.39, 0.29) is 17.3 Å². The van der Waals surface area contributed by atoms with Gasteiger partial charge >= 0.3 is 0 Å². The summed E-state index contributed by atoms with van der Waals surface area (Å²) in [4.78, 5) is 24.0. The summed E-state index contributed by atoms with van der Waals surface area (Å²) in [6, 6.07) is 17.9. The fraction of sp³-hybridized carbons (Fsp3) is 0. The van der Waals surface area contributed by atoms with Crippen LogP contribution in [0.5, 0.6) is 0 Å². The molecule has 1 aromatic heterocycles. The molecule has 0 bridgehead atoms. The summed E-state index contributed by atoms with van der Waals surface area (Å²) in [5, 5.41) is 6.87. The number of carbonyl (C=O) groups excluding carboxylic acids is 2. The minimum absolute atomic E-state index is 0.151. The normalized spacial score (nSPS) is 10.3. The van der Waals surface area contributed by atoms with Gasteiger partial charge in [-0.25, -0.2) is 4.68 Å². The molecule has 3 N–H and O–H groups in total. The van der Waals surface area contributed by atoms with E-state index in [9.17, 15) is 9.59 Å². The smallest absolute Gasteiger partial charge is 0.256 e. The van der Waals surface area contributed by atoms with E-state index in [1.165, 1.54) is 10.9 Å². The van der Waals surface area contributed by atoms with Gasteiger partial charge in [-0.2, -0.15) is 5.10 Å². The molecule has 0 aliphatic rings. The summed E-state index contributed by atoms with van der Waals surface area (Å²) in [5.41, 5.74) is 6.71. The zero-order valence-electron chi connectivity index (χ0n) is 12.1. The summed E-state index contributed by atoms with van der Waals surface area (Å²) in [5.74, 6) is -0.751. The van der Waals surface area contributed by atoms with E-state index < -0.39 is 5.91 Å². The molecule has 0 unspecified atom stereocenters. The number of hydrogen-bond donors (Lipinski definition) is 2. The number of anilines is 1. The molecule has 6 nitrogen and oxygen atoms in total. The van der Waals surface area contributed by atoms with Crippen LogP contribution in [0.15, 0.2) is 66.9 Å². The highest BCUT2D eigenvalue weighted by Crippen LogP contribution is 2.20. The topological polar surface area (TPSA) is 90.0 Å². The molecule has 0 aliphatic carbocycles. The van der Waals surface area contributed by atoms with Crippen molar-refractivity contribution in [2.24, 2.45) is 5.73 Å². The fourth-order valence-corrected chi connectivity index (χ4v) is 2.18. The van der Waals surface area contributed by atoms with Crippen LogP contribution in [0.3, 0.4) is 0 Å². The van der Waals surface area contributed by atoms with Gasteiger partial charge in [0.05, 0.1) is 11.9 Å². The van der Waals surface area contributed by atoms with Crippen molar-refractivity contribution in [2.75, 3.05) is 5.32 Å². The minimum atomic E-state index is -0.657. The molecular weight excluding hydrogens is 292 g/mol. The van der Waals surface area contributed by atoms with Crippen LogP contribution in [-0.2, 0) is 0 Å². The Labute approximate surface area is 132 Å². The van der Waals surface area contributed by atoms with Gasteiger partial charge in [0.15, 0.2) is 0 Å². The summed E-state index contributed by atoms with van der Waals surface area (Å²) < 4.78 is 1.47. The lowest BCUT2D eigenvalue weighted by atomic mass is 10.2. The largest absolute Gasteiger partial charge is 0.365 e. The SMILES string of the molecule is NC(=O)c1cnn(-c2ccccc2)c1NC(=O)c1ccccc1. The fourth-order valence-electron chi connectivity index (χ4n) is 2.18. The zero-order chi connectivity index (χ0) is 16.2. The monoisotopic (exact) mass is 306 g/mol. The lowest BCUT2D eigenvalue weighted by molar-refractivity contribution is 0.100. The molecule has 0 saturated carbocycles. The standard InChI is InChI=1S/C17H14N4O2/c18-15(22)14-11-19-21(13-9-5-2-6-10-13)16(14)20-17(23)12-7-3-1-4-8-12/h1-11H,(H2,18,22)(H,20,23). The number of nitrogens with two attached hydrogens (primary N) is 1. The van der Waals surface area contributed by atoms with Crippen molar-refractivity contribution in [1.29, 1.82) is 0 Å². The molecule has 3 rings (SSSR count). The number of primary amides is 1. The number of nitrogens with one attached hydrogen (secondary N) is 1. The summed E-state index contributed by atoms with van der Waals surface area (Å²) in [6.07, 6.45) is 1.34. The first-order chi connectivity index (χ1) is 11.2. The number of aromatic nitrogens is 2. The van der Waals surface area contributed by atoms with Gasteiger partial charge in [0.2, 0.25) is 0 Å². The average Bonchev–Trinajstić information content (AvgIpc) is 3.00. The van der Waals surface area contributed by atoms with E-state index in [0.717, 1.165) is 0 Å². The Morgan fingerprint density at radius 3 is 2.17 bits per heavy atom. The van der Waals surface area contributed by atoms with Crippen molar-refractivity contribution in [1.82, 2.24) is 9.78 Å². The second kappa shape index (κ2) is 6.15. The van der Waals surface area contributed by atoms with E-state index in [1.54, 1.807) is 24.3 Å². The number of hydrogen-bond acceptors (Lipinski definition) is 3. The third kappa shape index (κ3) is 2.96. The highest BCUT2D eigenvalue weighted by molar-refractivity contribution is 6.08. The molecule has 2 amide bonds. The Morgan fingerprint density at radius 1 is 0.957 bits per heavy atom. The van der Waals surface area contributed by atoms with Gasteiger partial charge in [0.1, 0.15) is 11.4 Å². The van der Waals surface area contributed by atoms with Gasteiger partial charge in [-0.1, -0.05) is 36.4 Å². The van der Waals surface area contributed by atoms with Gasteiger partial charge in [0.25, 0.3) is 11.8 Å². The van der Waals surface area contributed by atoms with Crippen LogP contribution in [0.2, 0.25) is 0 Å². The molecule has 0 fully saturated rings. The molecule has 1 heterocycles. The summed E-state index contributed by atoms with van der Waals surface area (Å²) in [6.45, 7) is 0. The van der Waals surface area contributed by atoms with Crippen LogP contribution >= 0.6 is 0 Å². The summed E-state index contributed by atoms with van der Waals surface area (Å²) >= 11 is 0. The van der Waals surface area contributed by atoms with E-state index in [0.29, 0.717) is 11.3 Å². The van der Waals surface area contributed by atoms with Crippen molar-refractivity contribution >= 4 is 17.6 Å². The van der Waals surface area contributed by atoms with Crippen LogP contribution in [0, 0.1) is 0 Å². The quantitative estimate of drug-likeness (QED) is 0.774. The lowest BCUT2D eigenvalue weighted by Crippen LogP contribution is -2.19. The maximum absolute atomic E-state index is 12.4. The molecule has 0 spiro atoms. The maximum atomic E-state index is 12.4. The van der Waals surface area contributed by atoms with Crippen molar-refractivity contribution in [3.05, 3.63) is 78.0 Å². The highest BCUT2D eigenvalue weighted by atomic mass is 16.2. The average molecular weight is 306 g/mol. The van der Waals surface area contributed by atoms with Crippen LogP contribution in [0.4, 0.5) is 5.82 Å². The van der Waals surface area contributed by atoms with Gasteiger partial charge in [-0.05, 0) is 24.3 Å². The van der Waals surface area contributed by atoms with Crippen molar-refractivity contribution in [3.8, 4) is 5.69 Å². The first-order valence-corrected chi connectivity index (χ1v) is 6.96. The van der Waals surface area contributed by atoms with E-state index in [1.807, 2.05) is 36.4 Å². The first kappa shape index (κ1) is 14.5. The lowest BCUT2D eigenvalue weighted by Gasteiger charge is -2.10. The Hall–Kier alpha value is -3.41. The molecule has 0 aliphatic heterocycles. The molecule has 114 valence electrons. The third-order valence-corrected chi connectivity index (χ3v) is 3.30. The van der Waals surface area contributed by atoms with E-state index >= 15 is 0 Å². The van der Waals surface area contributed by atoms with E-state index in [2.05, 4.69) is 10.4 Å². The van der Waals surface area contributed by atoms with Crippen LogP contribution in [0.1, 0.15) is 20.7 Å². The minimum Gasteiger partial charge on any atom is -0.365 e. The Kier molecular flexibility index (Phi) is 3.88. The molecule has 0 saturated heterocycles. The molecule has 23 heavy (non-hydrogen) atoms. The van der Waals surface area contributed by atoms with Crippen LogP contribution in [-0.4, -0.2) is 21.6 Å². The Bertz CT molecular complexity index is 842. The van der Waals surface area contributed by atoms with Crippen molar-refractivity contribution in [3.63, 3.8) is 0 Å². The van der Waals surface area contributed by atoms with E-state index in [4.69, 9.17) is 5.73 Å². The second-order valence-electron chi connectivity index (χ2n) is 4.84. The predicted octanol–water partition coefficient (Wildman–Crippen LogP) is 2.22. The zero-order valence-corrected chi connectivity index (χ0v) is 12.1. The van der Waals surface area contributed by atoms with Gasteiger partial charge in [-0.3, -0.25) is 9.59 Å². The first-order valence-electron chi connectivity index (χ1n) is 6.96. The molecule has 3 aromatic rings. The number of amides is 2. The van der Waals surface area contributed by atoms with Gasteiger partial charge in [-0.15, -0.1) is 0 Å². The second-order valence-corrected chi connectivity index (χ2v) is 4.84. The van der Waals surface area contributed by atoms with Crippen molar-refractivity contribution < 1.29 is 9.59 Å². The number of carbonyl (C=O) groups is 2. The Morgan fingerprint density at radius 2 is 1.57 bits per heavy atom. The molecule has 2 aromatic carbocycles. The molecule has 6 heteroatoms. The van der Waals surface area contributed by atoms with Crippen molar-refractivity contribution in [2.45, 2.75) is 0 Å². The maximum Gasteiger partial charge on any atom is 0.256 e. The number of rotatable bonds is 4. The third-order valence-electron chi connectivity index (χ3n) is 3.30. The molecule has 0 atom stereocenters. The Balaban J connectivity index is 2.01. The molecule has 0 radical (unpaired) electrons. The van der Waals surface area contributed by atoms with Crippen LogP contribution < -0.4 is 11.1 Å².